The molecular formula is C14H15BrN2O2. The summed E-state index contributed by atoms with van der Waals surface area (Å²) in [6, 6.07) is 13.4. The highest BCUT2D eigenvalue weighted by Crippen LogP contribution is 2.17. The van der Waals surface area contributed by atoms with E-state index < -0.39 is 0 Å². The van der Waals surface area contributed by atoms with E-state index in [0.29, 0.717) is 17.1 Å². The Morgan fingerprint density at radius 2 is 1.95 bits per heavy atom. The van der Waals surface area contributed by atoms with Crippen molar-refractivity contribution in [3.8, 4) is 0 Å². The Bertz CT molecular complexity index is 525. The summed E-state index contributed by atoms with van der Waals surface area (Å²) in [6.45, 7) is 0.628. The van der Waals surface area contributed by atoms with Crippen LogP contribution in [0.1, 0.15) is 12.0 Å². The van der Waals surface area contributed by atoms with E-state index in [1.807, 2.05) is 18.2 Å². The van der Waals surface area contributed by atoms with Crippen molar-refractivity contribution < 1.29 is 9.21 Å². The molecule has 19 heavy (non-hydrogen) atoms. The maximum absolute atomic E-state index is 11.5. The van der Waals surface area contributed by atoms with Gasteiger partial charge in [-0.3, -0.25) is 5.32 Å². The third kappa shape index (κ3) is 4.79. The second-order valence-corrected chi connectivity index (χ2v) is 4.86. The summed E-state index contributed by atoms with van der Waals surface area (Å²) >= 11 is 3.17. The van der Waals surface area contributed by atoms with Crippen LogP contribution in [0.15, 0.2) is 51.6 Å². The summed E-state index contributed by atoms with van der Waals surface area (Å²) in [7, 11) is 0. The van der Waals surface area contributed by atoms with Gasteiger partial charge < -0.3 is 9.73 Å². The molecule has 1 aromatic heterocycles. The number of anilines is 1. The van der Waals surface area contributed by atoms with Gasteiger partial charge in [0.25, 0.3) is 0 Å². The van der Waals surface area contributed by atoms with Crippen LogP contribution < -0.4 is 10.6 Å². The fourth-order valence-corrected chi connectivity index (χ4v) is 1.98. The van der Waals surface area contributed by atoms with Gasteiger partial charge in [-0.15, -0.1) is 0 Å². The number of hydrogen-bond acceptors (Lipinski definition) is 2. The Labute approximate surface area is 120 Å². The zero-order chi connectivity index (χ0) is 13.5. The first-order chi connectivity index (χ1) is 9.24. The number of furan rings is 1. The van der Waals surface area contributed by atoms with Gasteiger partial charge in [-0.1, -0.05) is 30.3 Å². The average molecular weight is 323 g/mol. The number of nitrogens with one attached hydrogen (secondary N) is 2. The predicted molar refractivity (Wildman–Crippen MR) is 78.2 cm³/mol. The summed E-state index contributed by atoms with van der Waals surface area (Å²) in [5, 5.41) is 5.40. The molecule has 5 heteroatoms. The number of amides is 2. The number of benzene rings is 1. The van der Waals surface area contributed by atoms with Gasteiger partial charge in [-0.25, -0.2) is 4.79 Å². The molecule has 0 saturated heterocycles. The Hall–Kier alpha value is -1.75. The summed E-state index contributed by atoms with van der Waals surface area (Å²) in [4.78, 5) is 11.5. The van der Waals surface area contributed by atoms with Crippen molar-refractivity contribution in [1.29, 1.82) is 0 Å². The van der Waals surface area contributed by atoms with E-state index >= 15 is 0 Å². The Morgan fingerprint density at radius 3 is 2.63 bits per heavy atom. The van der Waals surface area contributed by atoms with E-state index in [2.05, 4.69) is 38.7 Å². The molecule has 2 aromatic rings. The minimum atomic E-state index is -0.255. The van der Waals surface area contributed by atoms with Crippen molar-refractivity contribution in [2.75, 3.05) is 11.9 Å². The van der Waals surface area contributed by atoms with Gasteiger partial charge in [0, 0.05) is 12.6 Å². The lowest BCUT2D eigenvalue weighted by atomic mass is 10.1. The second kappa shape index (κ2) is 6.99. The zero-order valence-electron chi connectivity index (χ0n) is 10.4. The lowest BCUT2D eigenvalue weighted by Crippen LogP contribution is -2.29. The van der Waals surface area contributed by atoms with Gasteiger partial charge in [0.05, 0.1) is 0 Å². The van der Waals surface area contributed by atoms with E-state index in [-0.39, 0.29) is 6.03 Å². The molecule has 0 radical (unpaired) electrons. The van der Waals surface area contributed by atoms with E-state index in [1.165, 1.54) is 5.56 Å². The summed E-state index contributed by atoms with van der Waals surface area (Å²) in [5.74, 6) is 0.424. The summed E-state index contributed by atoms with van der Waals surface area (Å²) in [6.07, 6.45) is 1.85. The number of hydrogen-bond donors (Lipinski definition) is 2. The molecule has 100 valence electrons. The first kappa shape index (κ1) is 13.7. The lowest BCUT2D eigenvalue weighted by Gasteiger charge is -2.05. The molecule has 1 aromatic carbocycles. The lowest BCUT2D eigenvalue weighted by molar-refractivity contribution is 0.251. The molecule has 2 N–H and O–H groups in total. The number of rotatable bonds is 5. The fraction of sp³-hybridized carbons (Fsp3) is 0.214. The largest absolute Gasteiger partial charge is 0.434 e. The standard InChI is InChI=1S/C14H15BrN2O2/c15-12-8-9-13(19-12)17-14(18)16-10-4-7-11-5-2-1-3-6-11/h1-3,5-6,8-9H,4,7,10H2,(H2,16,17,18). The zero-order valence-corrected chi connectivity index (χ0v) is 11.9. The predicted octanol–water partition coefficient (Wildman–Crippen LogP) is 3.80. The van der Waals surface area contributed by atoms with Crippen molar-refractivity contribution in [1.82, 2.24) is 5.32 Å². The van der Waals surface area contributed by atoms with Crippen molar-refractivity contribution in [3.05, 3.63) is 52.7 Å². The number of aryl methyl sites for hydroxylation is 1. The molecule has 0 unspecified atom stereocenters. The van der Waals surface area contributed by atoms with Crippen molar-refractivity contribution in [3.63, 3.8) is 0 Å². The van der Waals surface area contributed by atoms with E-state index in [9.17, 15) is 4.79 Å². The van der Waals surface area contributed by atoms with Crippen LogP contribution in [0.2, 0.25) is 0 Å². The van der Waals surface area contributed by atoms with Gasteiger partial charge in [0.15, 0.2) is 4.67 Å². The highest BCUT2D eigenvalue weighted by atomic mass is 79.9. The Morgan fingerprint density at radius 1 is 1.16 bits per heavy atom. The molecule has 0 bridgehead atoms. The maximum Gasteiger partial charge on any atom is 0.321 e. The molecule has 0 fully saturated rings. The molecule has 0 aliphatic rings. The first-order valence-electron chi connectivity index (χ1n) is 6.08. The Balaban J connectivity index is 1.64. The van der Waals surface area contributed by atoms with Crippen molar-refractivity contribution >= 4 is 27.8 Å². The van der Waals surface area contributed by atoms with E-state index in [4.69, 9.17) is 4.42 Å². The second-order valence-electron chi connectivity index (χ2n) is 4.07. The van der Waals surface area contributed by atoms with Crippen LogP contribution in [0.5, 0.6) is 0 Å². The topological polar surface area (TPSA) is 54.3 Å². The quantitative estimate of drug-likeness (QED) is 0.823. The number of carbonyl (C=O) groups is 1. The monoisotopic (exact) mass is 322 g/mol. The SMILES string of the molecule is O=C(NCCCc1ccccc1)Nc1ccc(Br)o1. The van der Waals surface area contributed by atoms with Crippen LogP contribution in [-0.2, 0) is 6.42 Å². The molecule has 0 aliphatic carbocycles. The van der Waals surface area contributed by atoms with Crippen LogP contribution in [0.25, 0.3) is 0 Å². The summed E-state index contributed by atoms with van der Waals surface area (Å²) < 4.78 is 5.76. The van der Waals surface area contributed by atoms with Crippen LogP contribution in [0.3, 0.4) is 0 Å². The third-order valence-corrected chi connectivity index (χ3v) is 3.01. The minimum absolute atomic E-state index is 0.255. The van der Waals surface area contributed by atoms with Gasteiger partial charge in [0.1, 0.15) is 0 Å². The molecule has 2 amide bonds. The van der Waals surface area contributed by atoms with Crippen LogP contribution in [-0.4, -0.2) is 12.6 Å². The highest BCUT2D eigenvalue weighted by molar-refractivity contribution is 9.10. The molecule has 1 heterocycles. The Kier molecular flexibility index (Phi) is 5.03. The minimum Gasteiger partial charge on any atom is -0.434 e. The highest BCUT2D eigenvalue weighted by Gasteiger charge is 2.04. The molecule has 0 atom stereocenters. The van der Waals surface area contributed by atoms with Gasteiger partial charge in [0.2, 0.25) is 5.88 Å². The normalized spacial score (nSPS) is 10.2. The van der Waals surface area contributed by atoms with E-state index in [1.54, 1.807) is 12.1 Å². The number of carbonyl (C=O) groups excluding carboxylic acids is 1. The van der Waals surface area contributed by atoms with Gasteiger partial charge in [-0.05, 0) is 40.4 Å². The number of urea groups is 1. The molecule has 0 saturated carbocycles. The molecule has 0 spiro atoms. The van der Waals surface area contributed by atoms with Crippen LogP contribution >= 0.6 is 15.9 Å². The smallest absolute Gasteiger partial charge is 0.321 e. The molecular weight excluding hydrogens is 308 g/mol. The fourth-order valence-electron chi connectivity index (χ4n) is 1.68. The van der Waals surface area contributed by atoms with Gasteiger partial charge >= 0.3 is 6.03 Å². The van der Waals surface area contributed by atoms with Crippen molar-refractivity contribution in [2.45, 2.75) is 12.8 Å². The van der Waals surface area contributed by atoms with Crippen LogP contribution in [0.4, 0.5) is 10.7 Å². The average Bonchev–Trinajstić information content (AvgIpc) is 2.81. The number of halogens is 1. The van der Waals surface area contributed by atoms with Gasteiger partial charge in [-0.2, -0.15) is 0 Å². The molecule has 2 rings (SSSR count). The first-order valence-corrected chi connectivity index (χ1v) is 6.87. The third-order valence-electron chi connectivity index (χ3n) is 2.58. The van der Waals surface area contributed by atoms with Crippen LogP contribution in [0, 0.1) is 0 Å². The van der Waals surface area contributed by atoms with E-state index in [0.717, 1.165) is 12.8 Å². The van der Waals surface area contributed by atoms with Crippen molar-refractivity contribution in [2.24, 2.45) is 0 Å². The maximum atomic E-state index is 11.5. The summed E-state index contributed by atoms with van der Waals surface area (Å²) in [5.41, 5.74) is 1.28. The molecule has 0 aliphatic heterocycles. The molecule has 4 nitrogen and oxygen atoms in total.